The largest absolute Gasteiger partial charge is 0.506 e. The van der Waals surface area contributed by atoms with Gasteiger partial charge in [-0.3, -0.25) is 9.59 Å². The number of likely N-dealkylation sites (tertiary alicyclic amines) is 2. The first-order valence-electron chi connectivity index (χ1n) is 10.1. The zero-order valence-corrected chi connectivity index (χ0v) is 17.6. The van der Waals surface area contributed by atoms with E-state index < -0.39 is 0 Å². The van der Waals surface area contributed by atoms with Gasteiger partial charge in [0, 0.05) is 49.6 Å². The fraction of sp³-hybridized carbons (Fsp3) is 0.304. The number of benzene rings is 2. The number of rotatable bonds is 5. The van der Waals surface area contributed by atoms with Crippen molar-refractivity contribution < 1.29 is 19.1 Å². The Morgan fingerprint density at radius 3 is 2.35 bits per heavy atom. The van der Waals surface area contributed by atoms with Crippen LogP contribution in [0.25, 0.3) is 11.1 Å². The van der Waals surface area contributed by atoms with Gasteiger partial charge in [-0.05, 0) is 29.8 Å². The summed E-state index contributed by atoms with van der Waals surface area (Å²) < 4.78 is 13.2. The third-order valence-electron chi connectivity index (χ3n) is 6.00. The molecule has 2 aromatic carbocycles. The van der Waals surface area contributed by atoms with E-state index >= 15 is 0 Å². The van der Waals surface area contributed by atoms with E-state index in [2.05, 4.69) is 11.9 Å². The zero-order chi connectivity index (χ0) is 22.1. The average Bonchev–Trinajstić information content (AvgIpc) is 3.33. The minimum atomic E-state index is -0.352. The lowest BCUT2D eigenvalue weighted by molar-refractivity contribution is -0.128. The van der Waals surface area contributed by atoms with Gasteiger partial charge in [0.1, 0.15) is 11.6 Å². The summed E-state index contributed by atoms with van der Waals surface area (Å²) in [5, 5.41) is 13.6. The number of anilines is 1. The summed E-state index contributed by atoms with van der Waals surface area (Å²) in [4.78, 5) is 28.1. The third kappa shape index (κ3) is 4.37. The van der Waals surface area contributed by atoms with Crippen molar-refractivity contribution >= 4 is 29.1 Å². The summed E-state index contributed by atoms with van der Waals surface area (Å²) in [7, 11) is 0. The minimum absolute atomic E-state index is 0.0206. The maximum absolute atomic E-state index is 13.2. The van der Waals surface area contributed by atoms with Crippen molar-refractivity contribution in [2.24, 2.45) is 11.8 Å². The Kier molecular flexibility index (Phi) is 5.87. The molecule has 0 saturated carbocycles. The molecule has 2 fully saturated rings. The SMILES string of the molecule is C=CC(=O)N1CC2CN(C(=O)CNc3cc(-c4ccc(F)cc4)c(Cl)cc3O)CC2C1. The second-order valence-corrected chi connectivity index (χ2v) is 8.38. The number of phenols is 1. The Morgan fingerprint density at radius 1 is 1.13 bits per heavy atom. The summed E-state index contributed by atoms with van der Waals surface area (Å²) in [5.74, 6) is -0.00277. The Hall–Kier alpha value is -3.06. The minimum Gasteiger partial charge on any atom is -0.506 e. The number of nitrogens with zero attached hydrogens (tertiary/aromatic N) is 2. The van der Waals surface area contributed by atoms with E-state index in [-0.39, 0.29) is 41.8 Å². The number of phenolic OH excluding ortho intramolecular Hbond substituents is 1. The van der Waals surface area contributed by atoms with Crippen molar-refractivity contribution in [1.29, 1.82) is 0 Å². The molecular formula is C23H23ClFN3O3. The second kappa shape index (κ2) is 8.59. The van der Waals surface area contributed by atoms with Gasteiger partial charge in [-0.15, -0.1) is 0 Å². The molecule has 2 aromatic rings. The van der Waals surface area contributed by atoms with Crippen molar-refractivity contribution in [3.8, 4) is 16.9 Å². The molecule has 2 unspecified atom stereocenters. The van der Waals surface area contributed by atoms with Crippen molar-refractivity contribution in [3.63, 3.8) is 0 Å². The molecule has 2 saturated heterocycles. The molecule has 2 amide bonds. The van der Waals surface area contributed by atoms with Crippen LogP contribution in [0.2, 0.25) is 5.02 Å². The molecule has 0 radical (unpaired) electrons. The quantitative estimate of drug-likeness (QED) is 0.549. The van der Waals surface area contributed by atoms with Gasteiger partial charge in [-0.2, -0.15) is 0 Å². The molecular weight excluding hydrogens is 421 g/mol. The van der Waals surface area contributed by atoms with Gasteiger partial charge in [0.15, 0.2) is 0 Å². The number of aromatic hydroxyl groups is 1. The van der Waals surface area contributed by atoms with Gasteiger partial charge in [0.2, 0.25) is 11.8 Å². The molecule has 2 aliphatic heterocycles. The molecule has 31 heavy (non-hydrogen) atoms. The fourth-order valence-electron chi connectivity index (χ4n) is 4.34. The summed E-state index contributed by atoms with van der Waals surface area (Å²) in [6.45, 7) is 6.06. The van der Waals surface area contributed by atoms with Crippen LogP contribution in [0.4, 0.5) is 10.1 Å². The van der Waals surface area contributed by atoms with E-state index in [1.54, 1.807) is 28.0 Å². The van der Waals surface area contributed by atoms with E-state index in [4.69, 9.17) is 11.6 Å². The van der Waals surface area contributed by atoms with Crippen molar-refractivity contribution in [3.05, 3.63) is 59.9 Å². The normalized spacial score (nSPS) is 19.9. The molecule has 8 heteroatoms. The zero-order valence-electron chi connectivity index (χ0n) is 16.9. The van der Waals surface area contributed by atoms with E-state index in [0.717, 1.165) is 0 Å². The number of halogens is 2. The Balaban J connectivity index is 1.39. The topological polar surface area (TPSA) is 72.9 Å². The summed E-state index contributed by atoms with van der Waals surface area (Å²) in [5.41, 5.74) is 1.70. The van der Waals surface area contributed by atoms with Crippen LogP contribution in [0, 0.1) is 17.7 Å². The summed E-state index contributed by atoms with van der Waals surface area (Å²) in [6, 6.07) is 8.93. The number of hydrogen-bond donors (Lipinski definition) is 2. The lowest BCUT2D eigenvalue weighted by Crippen LogP contribution is -2.37. The molecule has 2 atom stereocenters. The summed E-state index contributed by atoms with van der Waals surface area (Å²) >= 11 is 6.25. The maximum atomic E-state index is 13.2. The highest BCUT2D eigenvalue weighted by atomic mass is 35.5. The van der Waals surface area contributed by atoms with Crippen LogP contribution in [0.1, 0.15) is 0 Å². The van der Waals surface area contributed by atoms with E-state index in [1.807, 2.05) is 0 Å². The van der Waals surface area contributed by atoms with Gasteiger partial charge in [0.25, 0.3) is 0 Å². The van der Waals surface area contributed by atoms with Crippen LogP contribution < -0.4 is 5.32 Å². The van der Waals surface area contributed by atoms with Gasteiger partial charge in [-0.1, -0.05) is 30.3 Å². The molecule has 162 valence electrons. The van der Waals surface area contributed by atoms with Crippen LogP contribution in [-0.4, -0.2) is 59.4 Å². The van der Waals surface area contributed by atoms with Crippen LogP contribution in [0.15, 0.2) is 49.1 Å². The highest BCUT2D eigenvalue weighted by Gasteiger charge is 2.42. The molecule has 2 heterocycles. The van der Waals surface area contributed by atoms with Gasteiger partial charge >= 0.3 is 0 Å². The van der Waals surface area contributed by atoms with Crippen molar-refractivity contribution in [2.45, 2.75) is 0 Å². The van der Waals surface area contributed by atoms with Crippen molar-refractivity contribution in [2.75, 3.05) is 38.0 Å². The van der Waals surface area contributed by atoms with E-state index in [0.29, 0.717) is 48.0 Å². The number of carbonyl (C=O) groups is 2. The lowest BCUT2D eigenvalue weighted by atomic mass is 10.0. The van der Waals surface area contributed by atoms with Gasteiger partial charge < -0.3 is 20.2 Å². The third-order valence-corrected chi connectivity index (χ3v) is 6.31. The molecule has 0 aliphatic carbocycles. The van der Waals surface area contributed by atoms with Gasteiger partial charge in [0.05, 0.1) is 17.3 Å². The van der Waals surface area contributed by atoms with Crippen LogP contribution in [-0.2, 0) is 9.59 Å². The molecule has 0 bridgehead atoms. The van der Waals surface area contributed by atoms with E-state index in [1.165, 1.54) is 24.3 Å². The van der Waals surface area contributed by atoms with Crippen LogP contribution >= 0.6 is 11.6 Å². The Bertz CT molecular complexity index is 1010. The standard InChI is InChI=1S/C23H23ClFN3O3/c1-2-22(30)27-10-15-12-28(13-16(15)11-27)23(31)9-26-20-7-18(19(24)8-21(20)29)14-3-5-17(25)6-4-14/h2-8,15-16,26,29H,1,9-13H2. The van der Waals surface area contributed by atoms with Crippen molar-refractivity contribution in [1.82, 2.24) is 9.80 Å². The van der Waals surface area contributed by atoms with E-state index in [9.17, 15) is 19.1 Å². The highest BCUT2D eigenvalue weighted by Crippen LogP contribution is 2.37. The Labute approximate surface area is 184 Å². The number of nitrogens with one attached hydrogen (secondary N) is 1. The Morgan fingerprint density at radius 2 is 1.74 bits per heavy atom. The number of carbonyl (C=O) groups excluding carboxylic acids is 2. The first kappa shape index (κ1) is 21.2. The van der Waals surface area contributed by atoms with Crippen LogP contribution in [0.3, 0.4) is 0 Å². The first-order chi connectivity index (χ1) is 14.9. The molecule has 2 N–H and O–H groups in total. The summed E-state index contributed by atoms with van der Waals surface area (Å²) in [6.07, 6.45) is 1.33. The fourth-order valence-corrected chi connectivity index (χ4v) is 4.61. The van der Waals surface area contributed by atoms with Crippen LogP contribution in [0.5, 0.6) is 5.75 Å². The predicted molar refractivity (Wildman–Crippen MR) is 117 cm³/mol. The van der Waals surface area contributed by atoms with Gasteiger partial charge in [-0.25, -0.2) is 4.39 Å². The lowest BCUT2D eigenvalue weighted by Gasteiger charge is -2.21. The number of fused-ring (bicyclic) bond motifs is 1. The number of hydrogen-bond acceptors (Lipinski definition) is 4. The average molecular weight is 444 g/mol. The predicted octanol–water partition coefficient (Wildman–Crippen LogP) is 3.37. The molecule has 2 aliphatic rings. The monoisotopic (exact) mass is 443 g/mol. The smallest absolute Gasteiger partial charge is 0.245 e. The maximum Gasteiger partial charge on any atom is 0.245 e. The molecule has 6 nitrogen and oxygen atoms in total. The second-order valence-electron chi connectivity index (χ2n) is 7.98. The highest BCUT2D eigenvalue weighted by molar-refractivity contribution is 6.33. The molecule has 4 rings (SSSR count). The first-order valence-corrected chi connectivity index (χ1v) is 10.4. The number of amides is 2. The molecule has 0 aromatic heterocycles. The molecule has 0 spiro atoms.